The van der Waals surface area contributed by atoms with Crippen molar-refractivity contribution >= 4 is 16.1 Å². The largest absolute Gasteiger partial charge is 0.443 e. The lowest BCUT2D eigenvalue weighted by molar-refractivity contribution is 0.0393. The molecule has 1 aliphatic rings. The summed E-state index contributed by atoms with van der Waals surface area (Å²) in [6.45, 7) is 5.22. The minimum atomic E-state index is -3.62. The zero-order chi connectivity index (χ0) is 11.7. The molecule has 0 aromatic heterocycles. The molecule has 5 nitrogen and oxygen atoms in total. The molecule has 0 unspecified atom stereocenters. The Kier molecular flexibility index (Phi) is 3.08. The number of nitrogens with zero attached hydrogens (tertiary/aromatic N) is 1. The SMILES string of the molecule is CC(C)(C)OC(=O)N1CCC=CS1(=O)=O. The first-order chi connectivity index (χ1) is 6.72. The van der Waals surface area contributed by atoms with Crippen molar-refractivity contribution in [3.8, 4) is 0 Å². The van der Waals surface area contributed by atoms with E-state index in [1.807, 2.05) is 0 Å². The highest BCUT2D eigenvalue weighted by Gasteiger charge is 2.31. The van der Waals surface area contributed by atoms with E-state index in [-0.39, 0.29) is 6.54 Å². The molecular formula is C9H15NO4S. The summed E-state index contributed by atoms with van der Waals surface area (Å²) in [6, 6.07) is 0. The standard InChI is InChI=1S/C9H15NO4S/c1-9(2,3)14-8(11)10-6-4-5-7-15(10,12)13/h5,7H,4,6H2,1-3H3. The van der Waals surface area contributed by atoms with Crippen molar-refractivity contribution in [3.05, 3.63) is 11.5 Å². The minimum absolute atomic E-state index is 0.147. The number of ether oxygens (including phenoxy) is 1. The Hall–Kier alpha value is -1.04. The van der Waals surface area contributed by atoms with Crippen LogP contribution >= 0.6 is 0 Å². The smallest absolute Gasteiger partial charge is 0.424 e. The number of hydrogen-bond acceptors (Lipinski definition) is 4. The normalized spacial score (nSPS) is 20.1. The summed E-state index contributed by atoms with van der Waals surface area (Å²) in [5, 5.41) is 1.03. The van der Waals surface area contributed by atoms with Gasteiger partial charge in [-0.2, -0.15) is 0 Å². The molecule has 0 atom stereocenters. The van der Waals surface area contributed by atoms with Crippen LogP contribution in [-0.2, 0) is 14.8 Å². The summed E-state index contributed by atoms with van der Waals surface area (Å²) < 4.78 is 28.6. The van der Waals surface area contributed by atoms with E-state index in [9.17, 15) is 13.2 Å². The van der Waals surface area contributed by atoms with Gasteiger partial charge in [-0.3, -0.25) is 0 Å². The Labute approximate surface area is 89.8 Å². The van der Waals surface area contributed by atoms with Crippen LogP contribution in [0.25, 0.3) is 0 Å². The third-order valence-corrected chi connectivity index (χ3v) is 3.15. The van der Waals surface area contributed by atoms with E-state index in [0.29, 0.717) is 6.42 Å². The van der Waals surface area contributed by atoms with Crippen LogP contribution in [0.2, 0.25) is 0 Å². The molecule has 0 aromatic carbocycles. The zero-order valence-corrected chi connectivity index (χ0v) is 9.87. The van der Waals surface area contributed by atoms with Crippen LogP contribution in [-0.4, -0.2) is 31.0 Å². The average Bonchev–Trinajstić information content (AvgIpc) is 1.99. The van der Waals surface area contributed by atoms with Crippen LogP contribution in [0.4, 0.5) is 4.79 Å². The Morgan fingerprint density at radius 1 is 1.40 bits per heavy atom. The lowest BCUT2D eigenvalue weighted by Gasteiger charge is -2.27. The number of hydrogen-bond donors (Lipinski definition) is 0. The van der Waals surface area contributed by atoms with Crippen molar-refractivity contribution in [1.29, 1.82) is 0 Å². The van der Waals surface area contributed by atoms with Gasteiger partial charge in [0.05, 0.1) is 0 Å². The summed E-state index contributed by atoms with van der Waals surface area (Å²) in [7, 11) is -3.62. The highest BCUT2D eigenvalue weighted by atomic mass is 32.2. The van der Waals surface area contributed by atoms with Gasteiger partial charge in [0.25, 0.3) is 10.0 Å². The minimum Gasteiger partial charge on any atom is -0.443 e. The van der Waals surface area contributed by atoms with Gasteiger partial charge in [-0.15, -0.1) is 0 Å². The molecule has 86 valence electrons. The predicted octanol–water partition coefficient (Wildman–Crippen LogP) is 1.47. The highest BCUT2D eigenvalue weighted by Crippen LogP contribution is 2.16. The van der Waals surface area contributed by atoms with Gasteiger partial charge in [0.2, 0.25) is 0 Å². The first-order valence-electron chi connectivity index (χ1n) is 4.65. The van der Waals surface area contributed by atoms with Gasteiger partial charge in [-0.1, -0.05) is 6.08 Å². The molecule has 0 aliphatic carbocycles. The van der Waals surface area contributed by atoms with E-state index in [0.717, 1.165) is 9.71 Å². The maximum absolute atomic E-state index is 11.5. The van der Waals surface area contributed by atoms with E-state index >= 15 is 0 Å². The molecule has 0 bridgehead atoms. The number of rotatable bonds is 0. The Morgan fingerprint density at radius 2 is 2.00 bits per heavy atom. The maximum atomic E-state index is 11.5. The molecule has 0 aromatic rings. The Balaban J connectivity index is 2.81. The first kappa shape index (κ1) is 12.0. The van der Waals surface area contributed by atoms with Crippen molar-refractivity contribution in [2.24, 2.45) is 0 Å². The molecule has 0 saturated heterocycles. The fourth-order valence-corrected chi connectivity index (χ4v) is 2.22. The van der Waals surface area contributed by atoms with Crippen LogP contribution in [0.15, 0.2) is 11.5 Å². The molecule has 0 fully saturated rings. The Morgan fingerprint density at radius 3 is 2.47 bits per heavy atom. The highest BCUT2D eigenvalue weighted by molar-refractivity contribution is 7.92. The molecule has 1 rings (SSSR count). The summed E-state index contributed by atoms with van der Waals surface area (Å²) in [5.41, 5.74) is -0.687. The van der Waals surface area contributed by atoms with Gasteiger partial charge in [0, 0.05) is 12.0 Å². The summed E-state index contributed by atoms with van der Waals surface area (Å²) in [5.74, 6) is 0. The van der Waals surface area contributed by atoms with Gasteiger partial charge in [-0.05, 0) is 27.2 Å². The van der Waals surface area contributed by atoms with Gasteiger partial charge in [-0.25, -0.2) is 17.5 Å². The Bertz CT molecular complexity index is 377. The van der Waals surface area contributed by atoms with Crippen molar-refractivity contribution in [2.45, 2.75) is 32.8 Å². The lowest BCUT2D eigenvalue weighted by Crippen LogP contribution is -2.41. The van der Waals surface area contributed by atoms with Crippen LogP contribution in [0.1, 0.15) is 27.2 Å². The van der Waals surface area contributed by atoms with E-state index in [1.165, 1.54) is 6.08 Å². The molecule has 0 saturated carbocycles. The second-order valence-corrected chi connectivity index (χ2v) is 6.00. The van der Waals surface area contributed by atoms with Crippen LogP contribution < -0.4 is 0 Å². The third-order valence-electron chi connectivity index (χ3n) is 1.67. The fourth-order valence-electron chi connectivity index (χ4n) is 1.09. The van der Waals surface area contributed by atoms with Crippen LogP contribution in [0, 0.1) is 0 Å². The molecule has 0 N–H and O–H groups in total. The van der Waals surface area contributed by atoms with Crippen molar-refractivity contribution in [3.63, 3.8) is 0 Å². The lowest BCUT2D eigenvalue weighted by atomic mass is 10.2. The summed E-state index contributed by atoms with van der Waals surface area (Å²) in [6.07, 6.45) is 1.24. The molecule has 15 heavy (non-hydrogen) atoms. The zero-order valence-electron chi connectivity index (χ0n) is 9.06. The topological polar surface area (TPSA) is 63.7 Å². The van der Waals surface area contributed by atoms with Crippen molar-refractivity contribution in [2.75, 3.05) is 6.54 Å². The molecule has 1 aliphatic heterocycles. The van der Waals surface area contributed by atoms with E-state index in [4.69, 9.17) is 4.74 Å². The van der Waals surface area contributed by atoms with E-state index in [2.05, 4.69) is 0 Å². The van der Waals surface area contributed by atoms with Crippen LogP contribution in [0.3, 0.4) is 0 Å². The van der Waals surface area contributed by atoms with Crippen molar-refractivity contribution in [1.82, 2.24) is 4.31 Å². The van der Waals surface area contributed by atoms with Crippen molar-refractivity contribution < 1.29 is 17.9 Å². The number of carbonyl (C=O) groups is 1. The number of sulfonamides is 1. The second-order valence-electron chi connectivity index (χ2n) is 4.26. The first-order valence-corrected chi connectivity index (χ1v) is 6.15. The van der Waals surface area contributed by atoms with Gasteiger partial charge in [0.15, 0.2) is 0 Å². The average molecular weight is 233 g/mol. The third kappa shape index (κ3) is 3.23. The molecule has 1 heterocycles. The second kappa shape index (κ2) is 3.84. The predicted molar refractivity (Wildman–Crippen MR) is 55.6 cm³/mol. The molecule has 0 spiro atoms. The van der Waals surface area contributed by atoms with Gasteiger partial charge < -0.3 is 4.74 Å². The molecule has 1 amide bonds. The molecule has 6 heteroatoms. The molecular weight excluding hydrogens is 218 g/mol. The number of amides is 1. The maximum Gasteiger partial charge on any atom is 0.424 e. The van der Waals surface area contributed by atoms with E-state index < -0.39 is 21.7 Å². The van der Waals surface area contributed by atoms with E-state index in [1.54, 1.807) is 20.8 Å². The van der Waals surface area contributed by atoms with Gasteiger partial charge >= 0.3 is 6.09 Å². The monoisotopic (exact) mass is 233 g/mol. The van der Waals surface area contributed by atoms with Gasteiger partial charge in [0.1, 0.15) is 5.60 Å². The summed E-state index contributed by atoms with van der Waals surface area (Å²) in [4.78, 5) is 11.5. The number of carbonyl (C=O) groups excluding carboxylic acids is 1. The quantitative estimate of drug-likeness (QED) is 0.635. The summed E-state index contributed by atoms with van der Waals surface area (Å²) >= 11 is 0. The molecule has 0 radical (unpaired) electrons. The fraction of sp³-hybridized carbons (Fsp3) is 0.667. The van der Waals surface area contributed by atoms with Crippen LogP contribution in [0.5, 0.6) is 0 Å².